The molecule has 96 valence electrons. The summed E-state index contributed by atoms with van der Waals surface area (Å²) >= 11 is 5.29. The van der Waals surface area contributed by atoms with Gasteiger partial charge in [0.15, 0.2) is 0 Å². The molecule has 0 unspecified atom stereocenters. The van der Waals surface area contributed by atoms with E-state index in [1.807, 2.05) is 20.8 Å². The number of nitrogens with zero attached hydrogens (tertiary/aromatic N) is 1. The number of aromatic nitrogens is 2. The standard InChI is InChI=1S/C13H22N2OS/c1-6-13(7-2,16-8-3)12-14-10(5)9(4)11(17)15-12/h6-8H2,1-5H3,(H,14,15,17). The summed E-state index contributed by atoms with van der Waals surface area (Å²) in [5.74, 6) is 0.859. The molecule has 17 heavy (non-hydrogen) atoms. The SMILES string of the molecule is CCOC(CC)(CC)c1nc(=S)c(C)c(C)[nH]1. The monoisotopic (exact) mass is 254 g/mol. The smallest absolute Gasteiger partial charge is 0.140 e. The van der Waals surface area contributed by atoms with Crippen LogP contribution in [-0.4, -0.2) is 16.6 Å². The van der Waals surface area contributed by atoms with E-state index in [1.165, 1.54) is 0 Å². The Kier molecular flexibility index (Phi) is 4.83. The number of aryl methyl sites for hydroxylation is 1. The molecule has 0 aromatic carbocycles. The molecule has 1 rings (SSSR count). The summed E-state index contributed by atoms with van der Waals surface area (Å²) in [7, 11) is 0. The van der Waals surface area contributed by atoms with E-state index in [9.17, 15) is 0 Å². The molecule has 1 aromatic rings. The van der Waals surface area contributed by atoms with Gasteiger partial charge in [0, 0.05) is 17.9 Å². The second-order valence-electron chi connectivity index (χ2n) is 4.27. The van der Waals surface area contributed by atoms with E-state index in [4.69, 9.17) is 17.0 Å². The summed E-state index contributed by atoms with van der Waals surface area (Å²) in [6.45, 7) is 10.9. The highest BCUT2D eigenvalue weighted by atomic mass is 32.1. The summed E-state index contributed by atoms with van der Waals surface area (Å²) in [5.41, 5.74) is 1.79. The van der Waals surface area contributed by atoms with Gasteiger partial charge < -0.3 is 9.72 Å². The first-order chi connectivity index (χ1) is 8.00. The predicted octanol–water partition coefficient (Wildman–Crippen LogP) is 3.81. The molecule has 1 N–H and O–H groups in total. The third-order valence-electron chi connectivity index (χ3n) is 3.40. The first kappa shape index (κ1) is 14.3. The van der Waals surface area contributed by atoms with Crippen LogP contribution in [0.5, 0.6) is 0 Å². The number of H-pyrrole nitrogens is 1. The van der Waals surface area contributed by atoms with E-state index in [0.29, 0.717) is 11.2 Å². The van der Waals surface area contributed by atoms with Crippen molar-refractivity contribution in [3.05, 3.63) is 21.7 Å². The van der Waals surface area contributed by atoms with Gasteiger partial charge in [0.05, 0.1) is 0 Å². The van der Waals surface area contributed by atoms with Crippen molar-refractivity contribution in [1.29, 1.82) is 0 Å². The van der Waals surface area contributed by atoms with Crippen LogP contribution < -0.4 is 0 Å². The van der Waals surface area contributed by atoms with Crippen molar-refractivity contribution in [3.8, 4) is 0 Å². The maximum atomic E-state index is 5.92. The van der Waals surface area contributed by atoms with Gasteiger partial charge in [-0.3, -0.25) is 0 Å². The Morgan fingerprint density at radius 1 is 1.24 bits per heavy atom. The van der Waals surface area contributed by atoms with Crippen molar-refractivity contribution in [3.63, 3.8) is 0 Å². The second-order valence-corrected chi connectivity index (χ2v) is 4.66. The second kappa shape index (κ2) is 5.74. The zero-order valence-electron chi connectivity index (χ0n) is 11.4. The van der Waals surface area contributed by atoms with E-state index in [-0.39, 0.29) is 5.60 Å². The maximum absolute atomic E-state index is 5.92. The van der Waals surface area contributed by atoms with Gasteiger partial charge in [0.2, 0.25) is 0 Å². The normalized spacial score (nSPS) is 11.8. The third-order valence-corrected chi connectivity index (χ3v) is 3.79. The van der Waals surface area contributed by atoms with Crippen molar-refractivity contribution >= 4 is 12.2 Å². The predicted molar refractivity (Wildman–Crippen MR) is 72.8 cm³/mol. The molecule has 0 aliphatic heterocycles. The van der Waals surface area contributed by atoms with Gasteiger partial charge in [-0.15, -0.1) is 0 Å². The van der Waals surface area contributed by atoms with Crippen LogP contribution in [0.4, 0.5) is 0 Å². The van der Waals surface area contributed by atoms with E-state index in [1.54, 1.807) is 0 Å². The molecule has 4 heteroatoms. The molecule has 0 aliphatic carbocycles. The molecular weight excluding hydrogens is 232 g/mol. The number of hydrogen-bond donors (Lipinski definition) is 1. The number of aromatic amines is 1. The highest BCUT2D eigenvalue weighted by molar-refractivity contribution is 7.71. The number of ether oxygens (including phenoxy) is 1. The minimum Gasteiger partial charge on any atom is -0.367 e. The van der Waals surface area contributed by atoms with Gasteiger partial charge in [-0.05, 0) is 33.6 Å². The Morgan fingerprint density at radius 2 is 1.82 bits per heavy atom. The number of nitrogens with one attached hydrogen (secondary N) is 1. The van der Waals surface area contributed by atoms with Crippen molar-refractivity contribution in [2.75, 3.05) is 6.61 Å². The minimum absolute atomic E-state index is 0.333. The summed E-state index contributed by atoms with van der Waals surface area (Å²) < 4.78 is 6.59. The van der Waals surface area contributed by atoms with Crippen LogP contribution in [0.1, 0.15) is 50.7 Å². The summed E-state index contributed by atoms with van der Waals surface area (Å²) in [4.78, 5) is 7.84. The molecule has 0 aliphatic rings. The first-order valence-corrected chi connectivity index (χ1v) is 6.63. The quantitative estimate of drug-likeness (QED) is 0.812. The summed E-state index contributed by atoms with van der Waals surface area (Å²) in [6, 6.07) is 0. The average Bonchev–Trinajstić information content (AvgIpc) is 2.32. The highest BCUT2D eigenvalue weighted by Crippen LogP contribution is 2.30. The zero-order chi connectivity index (χ0) is 13.1. The third kappa shape index (κ3) is 2.75. The molecule has 0 amide bonds. The fourth-order valence-electron chi connectivity index (χ4n) is 1.99. The molecule has 0 bridgehead atoms. The Morgan fingerprint density at radius 3 is 2.24 bits per heavy atom. The van der Waals surface area contributed by atoms with E-state index >= 15 is 0 Å². The average molecular weight is 254 g/mol. The van der Waals surface area contributed by atoms with Gasteiger partial charge >= 0.3 is 0 Å². The van der Waals surface area contributed by atoms with E-state index in [2.05, 4.69) is 23.8 Å². The summed E-state index contributed by atoms with van der Waals surface area (Å²) in [5, 5.41) is 0. The lowest BCUT2D eigenvalue weighted by atomic mass is 9.95. The van der Waals surface area contributed by atoms with Crippen LogP contribution in [-0.2, 0) is 10.3 Å². The molecule has 0 fully saturated rings. The fraction of sp³-hybridized carbons (Fsp3) is 0.692. The molecule has 0 atom stereocenters. The Hall–Kier alpha value is -0.740. The van der Waals surface area contributed by atoms with Gasteiger partial charge in [-0.25, -0.2) is 4.98 Å². The lowest BCUT2D eigenvalue weighted by molar-refractivity contribution is -0.0573. The fourth-order valence-corrected chi connectivity index (χ4v) is 2.24. The van der Waals surface area contributed by atoms with Gasteiger partial charge in [0.1, 0.15) is 16.1 Å². The maximum Gasteiger partial charge on any atom is 0.140 e. The van der Waals surface area contributed by atoms with Crippen LogP contribution in [0.2, 0.25) is 0 Å². The largest absolute Gasteiger partial charge is 0.367 e. The highest BCUT2D eigenvalue weighted by Gasteiger charge is 2.31. The van der Waals surface area contributed by atoms with Gasteiger partial charge in [0.25, 0.3) is 0 Å². The van der Waals surface area contributed by atoms with Crippen molar-refractivity contribution in [2.45, 2.75) is 53.1 Å². The molecule has 0 radical (unpaired) electrons. The molecular formula is C13H22N2OS. The zero-order valence-corrected chi connectivity index (χ0v) is 12.2. The first-order valence-electron chi connectivity index (χ1n) is 6.22. The van der Waals surface area contributed by atoms with Gasteiger partial charge in [-0.2, -0.15) is 0 Å². The van der Waals surface area contributed by atoms with Crippen molar-refractivity contribution < 1.29 is 4.74 Å². The minimum atomic E-state index is -0.333. The van der Waals surface area contributed by atoms with Crippen LogP contribution in [0.3, 0.4) is 0 Å². The lowest BCUT2D eigenvalue weighted by Crippen LogP contribution is -2.31. The number of hydrogen-bond acceptors (Lipinski definition) is 3. The molecule has 0 saturated heterocycles. The Bertz CT molecular complexity index is 436. The molecule has 3 nitrogen and oxygen atoms in total. The van der Waals surface area contributed by atoms with Crippen molar-refractivity contribution in [1.82, 2.24) is 9.97 Å². The number of rotatable bonds is 5. The summed E-state index contributed by atoms with van der Waals surface area (Å²) in [6.07, 6.45) is 1.77. The lowest BCUT2D eigenvalue weighted by Gasteiger charge is -2.30. The van der Waals surface area contributed by atoms with Gasteiger partial charge in [-0.1, -0.05) is 26.1 Å². The molecule has 1 aromatic heterocycles. The van der Waals surface area contributed by atoms with Crippen LogP contribution in [0.15, 0.2) is 0 Å². The van der Waals surface area contributed by atoms with Crippen molar-refractivity contribution in [2.24, 2.45) is 0 Å². The molecule has 0 saturated carbocycles. The molecule has 1 heterocycles. The Balaban J connectivity index is 3.33. The van der Waals surface area contributed by atoms with E-state index < -0.39 is 0 Å². The topological polar surface area (TPSA) is 37.9 Å². The van der Waals surface area contributed by atoms with Crippen LogP contribution in [0.25, 0.3) is 0 Å². The van der Waals surface area contributed by atoms with Crippen LogP contribution >= 0.6 is 12.2 Å². The molecule has 0 spiro atoms. The Labute approximate surface area is 109 Å². The van der Waals surface area contributed by atoms with Crippen LogP contribution in [0, 0.1) is 18.5 Å². The van der Waals surface area contributed by atoms with E-state index in [0.717, 1.165) is 29.9 Å².